The standard InChI is InChI=1S/C9H14Cl2N3O5P/c10-7(1-15)3-18-20(17,19-4-8(11)2-16)9-13-5-12-6-14-9/h5-8,15-16H,1-4H2. The van der Waals surface area contributed by atoms with Gasteiger partial charge >= 0.3 is 7.60 Å². The smallest absolute Gasteiger partial charge is 0.395 e. The van der Waals surface area contributed by atoms with E-state index in [0.29, 0.717) is 0 Å². The van der Waals surface area contributed by atoms with E-state index in [-0.39, 0.29) is 32.0 Å². The van der Waals surface area contributed by atoms with E-state index < -0.39 is 18.3 Å². The van der Waals surface area contributed by atoms with Gasteiger partial charge in [0.1, 0.15) is 12.7 Å². The molecule has 0 saturated carbocycles. The van der Waals surface area contributed by atoms with Crippen molar-refractivity contribution in [2.45, 2.75) is 10.8 Å². The lowest BCUT2D eigenvalue weighted by atomic mass is 10.5. The average molecular weight is 346 g/mol. The molecule has 1 aromatic heterocycles. The van der Waals surface area contributed by atoms with E-state index in [1.807, 2.05) is 0 Å². The van der Waals surface area contributed by atoms with Gasteiger partial charge in [0.15, 0.2) is 0 Å². The Kier molecular flexibility index (Phi) is 7.83. The monoisotopic (exact) mass is 345 g/mol. The van der Waals surface area contributed by atoms with Gasteiger partial charge in [0.05, 0.1) is 37.2 Å². The summed E-state index contributed by atoms with van der Waals surface area (Å²) in [4.78, 5) is 11.0. The van der Waals surface area contributed by atoms with Gasteiger partial charge in [-0.3, -0.25) is 4.57 Å². The Morgan fingerprint density at radius 1 is 1.10 bits per heavy atom. The number of aliphatic hydroxyl groups excluding tert-OH is 2. The molecule has 20 heavy (non-hydrogen) atoms. The molecule has 114 valence electrons. The Hall–Kier alpha value is -0.340. The summed E-state index contributed by atoms with van der Waals surface area (Å²) in [5.74, 6) is 0. The van der Waals surface area contributed by atoms with Crippen LogP contribution in [0.2, 0.25) is 0 Å². The van der Waals surface area contributed by atoms with Crippen LogP contribution in [0.4, 0.5) is 0 Å². The van der Waals surface area contributed by atoms with E-state index >= 15 is 0 Å². The summed E-state index contributed by atoms with van der Waals surface area (Å²) in [5.41, 5.74) is -0.198. The molecule has 1 aromatic rings. The van der Waals surface area contributed by atoms with Crippen LogP contribution in [-0.2, 0) is 13.6 Å². The Morgan fingerprint density at radius 3 is 1.95 bits per heavy atom. The predicted molar refractivity (Wildman–Crippen MR) is 72.4 cm³/mol. The molecule has 0 aliphatic rings. The van der Waals surface area contributed by atoms with E-state index in [9.17, 15) is 4.57 Å². The first-order valence-electron chi connectivity index (χ1n) is 5.53. The molecule has 0 aromatic carbocycles. The summed E-state index contributed by atoms with van der Waals surface area (Å²) >= 11 is 11.4. The van der Waals surface area contributed by atoms with Crippen molar-refractivity contribution in [3.05, 3.63) is 12.7 Å². The fourth-order valence-electron chi connectivity index (χ4n) is 0.991. The molecule has 0 spiro atoms. The van der Waals surface area contributed by atoms with Crippen molar-refractivity contribution in [2.24, 2.45) is 0 Å². The molecule has 8 nitrogen and oxygen atoms in total. The summed E-state index contributed by atoms with van der Waals surface area (Å²) in [6.45, 7) is -1.17. The largest absolute Gasteiger partial charge is 0.398 e. The van der Waals surface area contributed by atoms with Crippen molar-refractivity contribution < 1.29 is 23.8 Å². The molecule has 2 atom stereocenters. The number of nitrogens with zero attached hydrogens (tertiary/aromatic N) is 3. The van der Waals surface area contributed by atoms with Gasteiger partial charge in [-0.05, 0) is 0 Å². The van der Waals surface area contributed by atoms with Gasteiger partial charge in [0.2, 0.25) is 5.57 Å². The normalized spacial score (nSPS) is 17.4. The third-order valence-corrected chi connectivity index (χ3v) is 4.20. The second-order valence-electron chi connectivity index (χ2n) is 3.59. The molecule has 0 aliphatic carbocycles. The highest BCUT2D eigenvalue weighted by Gasteiger charge is 2.33. The van der Waals surface area contributed by atoms with Gasteiger partial charge in [0, 0.05) is 0 Å². The third-order valence-electron chi connectivity index (χ3n) is 1.97. The Labute approximate surface area is 125 Å². The van der Waals surface area contributed by atoms with Crippen molar-refractivity contribution in [1.29, 1.82) is 0 Å². The lowest BCUT2D eigenvalue weighted by molar-refractivity contribution is 0.181. The molecular formula is C9H14Cl2N3O5P. The van der Waals surface area contributed by atoms with E-state index in [1.54, 1.807) is 0 Å². The molecule has 0 fully saturated rings. The molecule has 0 saturated heterocycles. The summed E-state index contributed by atoms with van der Waals surface area (Å²) in [5, 5.41) is 16.1. The number of aromatic nitrogens is 3. The Balaban J connectivity index is 2.80. The van der Waals surface area contributed by atoms with E-state index in [0.717, 1.165) is 12.7 Å². The molecule has 1 rings (SSSR count). The highest BCUT2D eigenvalue weighted by molar-refractivity contribution is 7.61. The number of hydrogen-bond donors (Lipinski definition) is 2. The maximum atomic E-state index is 12.6. The maximum absolute atomic E-state index is 12.6. The van der Waals surface area contributed by atoms with Crippen LogP contribution in [0.15, 0.2) is 12.7 Å². The van der Waals surface area contributed by atoms with Crippen LogP contribution in [0.25, 0.3) is 0 Å². The number of rotatable bonds is 9. The van der Waals surface area contributed by atoms with Crippen molar-refractivity contribution in [1.82, 2.24) is 15.0 Å². The fraction of sp³-hybridized carbons (Fsp3) is 0.667. The number of alkyl halides is 2. The van der Waals surface area contributed by atoms with Gasteiger partial charge < -0.3 is 19.3 Å². The number of halogens is 2. The molecule has 11 heteroatoms. The molecule has 0 bridgehead atoms. The van der Waals surface area contributed by atoms with E-state index in [1.165, 1.54) is 0 Å². The van der Waals surface area contributed by atoms with Gasteiger partial charge in [-0.1, -0.05) is 0 Å². The zero-order valence-electron chi connectivity index (χ0n) is 10.3. The van der Waals surface area contributed by atoms with Crippen LogP contribution < -0.4 is 5.57 Å². The minimum absolute atomic E-state index is 0.198. The van der Waals surface area contributed by atoms with Gasteiger partial charge in [-0.25, -0.2) is 15.0 Å². The second-order valence-corrected chi connectivity index (χ2v) is 6.73. The first kappa shape index (κ1) is 17.7. The molecule has 0 amide bonds. The second kappa shape index (κ2) is 8.84. The highest BCUT2D eigenvalue weighted by atomic mass is 35.5. The quantitative estimate of drug-likeness (QED) is 0.471. The predicted octanol–water partition coefficient (Wildman–Crippen LogP) is -0.0774. The SMILES string of the molecule is O=P(OCC(Cl)CO)(OCC(Cl)CO)c1ncncn1. The zero-order valence-corrected chi connectivity index (χ0v) is 12.7. The van der Waals surface area contributed by atoms with E-state index in [4.69, 9.17) is 42.5 Å². The van der Waals surface area contributed by atoms with Crippen molar-refractivity contribution in [3.8, 4) is 0 Å². The Bertz CT molecular complexity index is 423. The first-order chi connectivity index (χ1) is 9.51. The van der Waals surface area contributed by atoms with Crippen LogP contribution in [0.3, 0.4) is 0 Å². The number of hydrogen-bond acceptors (Lipinski definition) is 8. The summed E-state index contributed by atoms with van der Waals surface area (Å²) in [6.07, 6.45) is 2.27. The van der Waals surface area contributed by atoms with E-state index in [2.05, 4.69) is 15.0 Å². The molecule has 2 N–H and O–H groups in total. The van der Waals surface area contributed by atoms with Crippen LogP contribution >= 0.6 is 30.8 Å². The summed E-state index contributed by atoms with van der Waals surface area (Å²) in [6, 6.07) is 0. The third kappa shape index (κ3) is 5.57. The van der Waals surface area contributed by atoms with Gasteiger partial charge in [0.25, 0.3) is 0 Å². The maximum Gasteiger partial charge on any atom is 0.398 e. The minimum atomic E-state index is -3.86. The van der Waals surface area contributed by atoms with Crippen LogP contribution in [0.1, 0.15) is 0 Å². The van der Waals surface area contributed by atoms with Crippen LogP contribution in [0.5, 0.6) is 0 Å². The lowest BCUT2D eigenvalue weighted by Gasteiger charge is -2.18. The van der Waals surface area contributed by atoms with Crippen LogP contribution in [-0.4, -0.2) is 62.3 Å². The molecule has 0 radical (unpaired) electrons. The van der Waals surface area contributed by atoms with Crippen molar-refractivity contribution in [3.63, 3.8) is 0 Å². The lowest BCUT2D eigenvalue weighted by Crippen LogP contribution is -2.23. The summed E-state index contributed by atoms with van der Waals surface area (Å²) in [7, 11) is -3.86. The van der Waals surface area contributed by atoms with Crippen molar-refractivity contribution >= 4 is 36.4 Å². The first-order valence-corrected chi connectivity index (χ1v) is 7.95. The molecular weight excluding hydrogens is 332 g/mol. The number of aliphatic hydroxyl groups is 2. The van der Waals surface area contributed by atoms with Crippen LogP contribution in [0, 0.1) is 0 Å². The molecule has 1 heterocycles. The molecule has 2 unspecified atom stereocenters. The summed E-state index contributed by atoms with van der Waals surface area (Å²) < 4.78 is 22.8. The average Bonchev–Trinajstić information content (AvgIpc) is 2.51. The highest BCUT2D eigenvalue weighted by Crippen LogP contribution is 2.46. The van der Waals surface area contributed by atoms with Gasteiger partial charge in [-0.15, -0.1) is 23.2 Å². The molecule has 0 aliphatic heterocycles. The Morgan fingerprint density at radius 2 is 1.55 bits per heavy atom. The fourth-order valence-corrected chi connectivity index (χ4v) is 2.74. The topological polar surface area (TPSA) is 115 Å². The van der Waals surface area contributed by atoms with Crippen molar-refractivity contribution in [2.75, 3.05) is 26.4 Å². The zero-order chi connectivity index (χ0) is 15.0. The minimum Gasteiger partial charge on any atom is -0.395 e. The van der Waals surface area contributed by atoms with Gasteiger partial charge in [-0.2, -0.15) is 0 Å².